The predicted molar refractivity (Wildman–Crippen MR) is 194 cm³/mol. The number of aromatic nitrogens is 5. The van der Waals surface area contributed by atoms with E-state index in [4.69, 9.17) is 26.1 Å². The molecule has 1 spiro atoms. The highest BCUT2D eigenvalue weighted by Crippen LogP contribution is 2.47. The molecule has 3 aliphatic rings. The van der Waals surface area contributed by atoms with Gasteiger partial charge in [0.2, 0.25) is 11.8 Å². The molecule has 0 bridgehead atoms. The third-order valence-corrected chi connectivity index (χ3v) is 10.9. The summed E-state index contributed by atoms with van der Waals surface area (Å²) in [6.45, 7) is 3.84. The Labute approximate surface area is 306 Å². The van der Waals surface area contributed by atoms with Crippen LogP contribution in [0.15, 0.2) is 52.1 Å². The fourth-order valence-corrected chi connectivity index (χ4v) is 8.05. The van der Waals surface area contributed by atoms with Gasteiger partial charge in [0.05, 0.1) is 17.8 Å². The number of likely N-dealkylation sites (tertiary alicyclic amines) is 1. The van der Waals surface area contributed by atoms with Gasteiger partial charge in [0.1, 0.15) is 23.4 Å². The Morgan fingerprint density at radius 3 is 2.49 bits per heavy atom. The van der Waals surface area contributed by atoms with E-state index in [1.165, 1.54) is 14.1 Å². The van der Waals surface area contributed by atoms with Gasteiger partial charge < -0.3 is 20.1 Å². The fraction of sp³-hybridized carbons (Fsp3) is 0.351. The number of ether oxygens (including phenoxy) is 2. The van der Waals surface area contributed by atoms with Crippen molar-refractivity contribution in [1.29, 1.82) is 0 Å². The Morgan fingerprint density at radius 2 is 1.77 bits per heavy atom. The lowest BCUT2D eigenvalue weighted by molar-refractivity contribution is -0.179. The first kappa shape index (κ1) is 34.8. The topological polar surface area (TPSA) is 146 Å². The molecule has 16 heteroatoms. The quantitative estimate of drug-likeness (QED) is 0.243. The van der Waals surface area contributed by atoms with Crippen molar-refractivity contribution in [3.63, 3.8) is 0 Å². The molecule has 8 rings (SSSR count). The molecule has 2 saturated heterocycles. The van der Waals surface area contributed by atoms with E-state index in [1.54, 1.807) is 19.2 Å². The van der Waals surface area contributed by atoms with E-state index in [0.717, 1.165) is 38.7 Å². The average Bonchev–Trinajstić information content (AvgIpc) is 3.56. The van der Waals surface area contributed by atoms with Crippen LogP contribution in [-0.4, -0.2) is 73.8 Å². The molecular formula is C37H35ClF2N8O5. The number of halogens is 3. The van der Waals surface area contributed by atoms with Crippen LogP contribution in [0, 0.1) is 6.92 Å². The number of hydrogen-bond donors (Lipinski definition) is 2. The van der Waals surface area contributed by atoms with Crippen LogP contribution in [0.3, 0.4) is 0 Å². The van der Waals surface area contributed by atoms with E-state index in [9.17, 15) is 23.2 Å². The Balaban J connectivity index is 1.13. The molecule has 1 unspecified atom stereocenters. The van der Waals surface area contributed by atoms with Gasteiger partial charge in [-0.2, -0.15) is 0 Å². The zero-order valence-corrected chi connectivity index (χ0v) is 30.1. The number of benzene rings is 2. The molecule has 1 aliphatic carbocycles. The summed E-state index contributed by atoms with van der Waals surface area (Å²) >= 11 is 7.18. The van der Waals surface area contributed by atoms with Crippen molar-refractivity contribution in [2.45, 2.75) is 37.8 Å². The number of carbonyl (C=O) groups is 1. The minimum atomic E-state index is -3.05. The highest BCUT2D eigenvalue weighted by Gasteiger charge is 2.50. The largest absolute Gasteiger partial charge is 0.481 e. The van der Waals surface area contributed by atoms with Crippen molar-refractivity contribution < 1.29 is 23.0 Å². The number of fused-ring (bicyclic) bond motifs is 2. The Hall–Kier alpha value is -5.25. The molecule has 0 saturated carbocycles. The second-order valence-electron chi connectivity index (χ2n) is 13.7. The molecule has 2 fully saturated rings. The Morgan fingerprint density at radius 1 is 1.04 bits per heavy atom. The predicted octanol–water partition coefficient (Wildman–Crippen LogP) is 4.60. The van der Waals surface area contributed by atoms with Crippen LogP contribution in [0.25, 0.3) is 33.4 Å². The summed E-state index contributed by atoms with van der Waals surface area (Å²) < 4.78 is 41.5. The van der Waals surface area contributed by atoms with Crippen LogP contribution in [0.4, 0.5) is 20.3 Å². The van der Waals surface area contributed by atoms with Crippen molar-refractivity contribution in [2.75, 3.05) is 38.7 Å². The van der Waals surface area contributed by atoms with Gasteiger partial charge in [0, 0.05) is 62.1 Å². The molecule has 274 valence electrons. The number of rotatable bonds is 7. The third kappa shape index (κ3) is 5.74. The third-order valence-electron chi connectivity index (χ3n) is 10.5. The first-order chi connectivity index (χ1) is 25.4. The van der Waals surface area contributed by atoms with Gasteiger partial charge in [-0.05, 0) is 48.6 Å². The minimum Gasteiger partial charge on any atom is -0.481 e. The SMILES string of the molecule is COc1nc(-c2cccc(-c3cccc(Nc4nc(C(F)F)nc5c4c(=O)n(C)c(=O)n5C)c3C)c2Cl)cc2c1C(N1CC3(CNC(=O)CO3)C1)CC2. The maximum absolute atomic E-state index is 13.9. The summed E-state index contributed by atoms with van der Waals surface area (Å²) in [5, 5.41) is 6.34. The fourth-order valence-electron chi connectivity index (χ4n) is 7.73. The number of carbonyl (C=O) groups excluding carboxylic acids is 1. The highest BCUT2D eigenvalue weighted by molar-refractivity contribution is 6.36. The average molecular weight is 745 g/mol. The van der Waals surface area contributed by atoms with Crippen molar-refractivity contribution in [3.8, 4) is 28.3 Å². The zero-order chi connectivity index (χ0) is 37.3. The number of morpholine rings is 1. The van der Waals surface area contributed by atoms with Gasteiger partial charge in [-0.15, -0.1) is 0 Å². The molecule has 5 heterocycles. The first-order valence-electron chi connectivity index (χ1n) is 17.0. The molecule has 2 aliphatic heterocycles. The molecule has 0 radical (unpaired) electrons. The number of amides is 1. The van der Waals surface area contributed by atoms with Crippen LogP contribution in [0.5, 0.6) is 5.88 Å². The summed E-state index contributed by atoms with van der Waals surface area (Å²) in [6, 6.07) is 13.3. The number of nitrogens with one attached hydrogen (secondary N) is 2. The lowest BCUT2D eigenvalue weighted by atomic mass is 9.89. The van der Waals surface area contributed by atoms with Gasteiger partial charge in [0.15, 0.2) is 11.5 Å². The number of pyridine rings is 1. The Bertz CT molecular complexity index is 2450. The number of anilines is 2. The monoisotopic (exact) mass is 744 g/mol. The van der Waals surface area contributed by atoms with Crippen LogP contribution in [0.2, 0.25) is 5.02 Å². The number of alkyl halides is 2. The van der Waals surface area contributed by atoms with Crippen LogP contribution >= 0.6 is 11.6 Å². The van der Waals surface area contributed by atoms with Gasteiger partial charge in [-0.25, -0.2) is 28.5 Å². The molecule has 5 aromatic rings. The van der Waals surface area contributed by atoms with Crippen LogP contribution < -0.4 is 26.6 Å². The molecular weight excluding hydrogens is 710 g/mol. The summed E-state index contributed by atoms with van der Waals surface area (Å²) in [5.74, 6) is -0.531. The van der Waals surface area contributed by atoms with Crippen molar-refractivity contribution in [3.05, 3.63) is 90.8 Å². The van der Waals surface area contributed by atoms with Crippen LogP contribution in [0.1, 0.15) is 41.4 Å². The lowest BCUT2D eigenvalue weighted by Gasteiger charge is -2.53. The van der Waals surface area contributed by atoms with E-state index in [-0.39, 0.29) is 41.0 Å². The molecule has 1 amide bonds. The number of aryl methyl sites for hydroxylation is 2. The number of nitrogens with zero attached hydrogens (tertiary/aromatic N) is 6. The van der Waals surface area contributed by atoms with E-state index in [0.29, 0.717) is 58.6 Å². The number of hydrogen-bond acceptors (Lipinski definition) is 10. The second-order valence-corrected chi connectivity index (χ2v) is 14.1. The summed E-state index contributed by atoms with van der Waals surface area (Å²) in [7, 11) is 4.27. The van der Waals surface area contributed by atoms with Gasteiger partial charge in [0.25, 0.3) is 12.0 Å². The van der Waals surface area contributed by atoms with E-state index < -0.39 is 23.5 Å². The smallest absolute Gasteiger partial charge is 0.332 e. The Kier molecular flexibility index (Phi) is 8.54. The molecule has 2 N–H and O–H groups in total. The minimum absolute atomic E-state index is 0.0785. The van der Waals surface area contributed by atoms with Gasteiger partial charge >= 0.3 is 5.69 Å². The lowest BCUT2D eigenvalue weighted by Crippen LogP contribution is -2.70. The standard InChI is InChI=1S/C37H35ClF2N8O5/c1-18-20(7-6-10-23(18)42-31-28-33(45-32(44-31)30(39)40)46(2)36(51)47(3)35(28)50)21-8-5-9-22(29(21)38)24-13-19-11-12-25(27(19)34(43-24)52-4)48-16-37(17-48)15-41-26(49)14-53-37/h5-10,13,25,30H,11-12,14-17H2,1-4H3,(H,41,49)(H,42,44,45). The van der Waals surface area contributed by atoms with Gasteiger partial charge in [-0.1, -0.05) is 41.9 Å². The molecule has 1 atom stereocenters. The highest BCUT2D eigenvalue weighted by atomic mass is 35.5. The maximum atomic E-state index is 13.9. The zero-order valence-electron chi connectivity index (χ0n) is 29.3. The van der Waals surface area contributed by atoms with Crippen molar-refractivity contribution >= 4 is 40.0 Å². The number of methoxy groups -OCH3 is 1. The summed E-state index contributed by atoms with van der Waals surface area (Å²) in [4.78, 5) is 52.6. The van der Waals surface area contributed by atoms with E-state index >= 15 is 0 Å². The first-order valence-corrected chi connectivity index (χ1v) is 17.4. The van der Waals surface area contributed by atoms with Gasteiger partial charge in [-0.3, -0.25) is 23.6 Å². The normalized spacial score (nSPS) is 18.0. The van der Waals surface area contributed by atoms with E-state index in [1.807, 2.05) is 31.2 Å². The summed E-state index contributed by atoms with van der Waals surface area (Å²) in [6.07, 6.45) is -1.32. The van der Waals surface area contributed by atoms with Crippen LogP contribution in [-0.2, 0) is 30.0 Å². The molecule has 3 aromatic heterocycles. The van der Waals surface area contributed by atoms with Crippen molar-refractivity contribution in [2.24, 2.45) is 14.1 Å². The second kappa shape index (κ2) is 13.0. The van der Waals surface area contributed by atoms with Crippen molar-refractivity contribution in [1.82, 2.24) is 34.3 Å². The summed E-state index contributed by atoms with van der Waals surface area (Å²) in [5.41, 5.74) is 4.19. The molecule has 2 aromatic carbocycles. The van der Waals surface area contributed by atoms with E-state index in [2.05, 4.69) is 31.6 Å². The molecule has 53 heavy (non-hydrogen) atoms. The molecule has 13 nitrogen and oxygen atoms in total. The maximum Gasteiger partial charge on any atom is 0.332 e.